The number of aromatic nitrogens is 3. The first-order valence-corrected chi connectivity index (χ1v) is 10.1. The smallest absolute Gasteiger partial charge is 0.250 e. The lowest BCUT2D eigenvalue weighted by Gasteiger charge is -2.27. The van der Waals surface area contributed by atoms with E-state index >= 15 is 0 Å². The van der Waals surface area contributed by atoms with Crippen molar-refractivity contribution in [3.8, 4) is 5.75 Å². The molecule has 0 amide bonds. The Morgan fingerprint density at radius 3 is 2.52 bits per heavy atom. The van der Waals surface area contributed by atoms with Crippen LogP contribution in [0.25, 0.3) is 0 Å². The summed E-state index contributed by atoms with van der Waals surface area (Å²) in [4.78, 5) is 15.7. The molecule has 0 spiro atoms. The number of ether oxygens (including phenoxy) is 2. The quantitative estimate of drug-likeness (QED) is 0.445. The van der Waals surface area contributed by atoms with E-state index in [0.29, 0.717) is 31.1 Å². The Kier molecular flexibility index (Phi) is 6.53. The molecule has 9 heteroatoms. The van der Waals surface area contributed by atoms with Gasteiger partial charge in [0.1, 0.15) is 5.75 Å². The number of hydrogen-bond acceptors (Lipinski definition) is 9. The van der Waals surface area contributed by atoms with Gasteiger partial charge in [-0.2, -0.15) is 20.1 Å². The lowest BCUT2D eigenvalue weighted by atomic mass is 10.2. The van der Waals surface area contributed by atoms with Crippen LogP contribution in [-0.4, -0.2) is 54.6 Å². The first kappa shape index (κ1) is 20.5. The fraction of sp³-hybridized carbons (Fsp3) is 0.273. The van der Waals surface area contributed by atoms with Crippen LogP contribution in [0.1, 0.15) is 11.1 Å². The number of methoxy groups -OCH3 is 1. The fourth-order valence-electron chi connectivity index (χ4n) is 3.07. The van der Waals surface area contributed by atoms with Crippen molar-refractivity contribution in [3.63, 3.8) is 0 Å². The molecular weight excluding hydrogens is 394 g/mol. The van der Waals surface area contributed by atoms with Crippen molar-refractivity contribution in [3.05, 3.63) is 59.7 Å². The molecule has 1 aromatic heterocycles. The first-order valence-electron chi connectivity index (χ1n) is 10.1. The topological polar surface area (TPSA) is 96.8 Å². The monoisotopic (exact) mass is 419 g/mol. The van der Waals surface area contributed by atoms with Crippen LogP contribution >= 0.6 is 0 Å². The number of hydrazone groups is 1. The predicted octanol–water partition coefficient (Wildman–Crippen LogP) is 3.21. The van der Waals surface area contributed by atoms with Gasteiger partial charge >= 0.3 is 0 Å². The van der Waals surface area contributed by atoms with Crippen LogP contribution in [0, 0.1) is 6.92 Å². The number of hydrogen-bond donors (Lipinski definition) is 2. The Morgan fingerprint density at radius 1 is 1.00 bits per heavy atom. The van der Waals surface area contributed by atoms with Crippen molar-refractivity contribution in [2.45, 2.75) is 6.92 Å². The Labute approximate surface area is 181 Å². The summed E-state index contributed by atoms with van der Waals surface area (Å²) in [5.74, 6) is 2.09. The van der Waals surface area contributed by atoms with Gasteiger partial charge in [-0.15, -0.1) is 0 Å². The van der Waals surface area contributed by atoms with Gasteiger partial charge in [-0.3, -0.25) is 0 Å². The Balaban J connectivity index is 1.57. The largest absolute Gasteiger partial charge is 0.496 e. The maximum atomic E-state index is 5.44. The van der Waals surface area contributed by atoms with E-state index < -0.39 is 0 Å². The lowest BCUT2D eigenvalue weighted by Crippen LogP contribution is -2.37. The second-order valence-electron chi connectivity index (χ2n) is 6.99. The van der Waals surface area contributed by atoms with Crippen LogP contribution in [0.2, 0.25) is 0 Å². The number of rotatable bonds is 7. The maximum Gasteiger partial charge on any atom is 0.250 e. The molecule has 0 unspecified atom stereocenters. The van der Waals surface area contributed by atoms with Gasteiger partial charge in [-0.25, -0.2) is 5.43 Å². The van der Waals surface area contributed by atoms with Gasteiger partial charge < -0.3 is 19.7 Å². The third-order valence-corrected chi connectivity index (χ3v) is 4.73. The summed E-state index contributed by atoms with van der Waals surface area (Å²) in [5, 5.41) is 7.53. The van der Waals surface area contributed by atoms with Crippen LogP contribution in [0.4, 0.5) is 23.5 Å². The van der Waals surface area contributed by atoms with Gasteiger partial charge in [0.05, 0.1) is 26.5 Å². The molecule has 2 aromatic carbocycles. The molecule has 0 atom stereocenters. The predicted molar refractivity (Wildman–Crippen MR) is 122 cm³/mol. The highest BCUT2D eigenvalue weighted by Gasteiger charge is 2.16. The summed E-state index contributed by atoms with van der Waals surface area (Å²) >= 11 is 0. The number of aryl methyl sites for hydroxylation is 1. The van der Waals surface area contributed by atoms with Gasteiger partial charge in [-0.05, 0) is 31.2 Å². The fourth-order valence-corrected chi connectivity index (χ4v) is 3.07. The summed E-state index contributed by atoms with van der Waals surface area (Å²) in [5.41, 5.74) is 5.84. The molecule has 1 fully saturated rings. The zero-order chi connectivity index (χ0) is 21.5. The number of nitrogens with zero attached hydrogens (tertiary/aromatic N) is 5. The molecule has 0 bridgehead atoms. The molecule has 2 heterocycles. The van der Waals surface area contributed by atoms with E-state index in [0.717, 1.165) is 30.1 Å². The number of benzene rings is 2. The molecular formula is C22H25N7O2. The SMILES string of the molecule is COc1ccccc1/C=N/Nc1nc(Nc2ccc(C)cc2)nc(N2CCOCC2)n1. The lowest BCUT2D eigenvalue weighted by molar-refractivity contribution is 0.122. The Bertz CT molecular complexity index is 1030. The third-order valence-electron chi connectivity index (χ3n) is 4.73. The molecule has 1 aliphatic rings. The highest BCUT2D eigenvalue weighted by atomic mass is 16.5. The maximum absolute atomic E-state index is 5.44. The van der Waals surface area contributed by atoms with E-state index in [1.807, 2.05) is 55.5 Å². The number of para-hydroxylation sites is 1. The molecule has 1 aliphatic heterocycles. The second-order valence-corrected chi connectivity index (χ2v) is 6.99. The van der Waals surface area contributed by atoms with Gasteiger partial charge in [0.15, 0.2) is 0 Å². The molecule has 0 aliphatic carbocycles. The molecule has 2 N–H and O–H groups in total. The highest BCUT2D eigenvalue weighted by Crippen LogP contribution is 2.19. The summed E-state index contributed by atoms with van der Waals surface area (Å²) in [6.07, 6.45) is 1.67. The van der Waals surface area contributed by atoms with Crippen molar-refractivity contribution in [1.82, 2.24) is 15.0 Å². The van der Waals surface area contributed by atoms with Crippen molar-refractivity contribution < 1.29 is 9.47 Å². The number of nitrogens with one attached hydrogen (secondary N) is 2. The van der Waals surface area contributed by atoms with Crippen molar-refractivity contribution in [2.75, 3.05) is 49.1 Å². The standard InChI is InChI=1S/C22H25N7O2/c1-16-7-9-18(10-8-16)24-20-25-21(27-22(26-20)29-11-13-31-14-12-29)28-23-15-17-5-3-4-6-19(17)30-2/h3-10,15H,11-14H2,1-2H3,(H2,24,25,26,27,28)/b23-15+. The van der Waals surface area contributed by atoms with Crippen molar-refractivity contribution in [1.29, 1.82) is 0 Å². The zero-order valence-electron chi connectivity index (χ0n) is 17.6. The minimum atomic E-state index is 0.345. The summed E-state index contributed by atoms with van der Waals surface area (Å²) in [6, 6.07) is 15.7. The highest BCUT2D eigenvalue weighted by molar-refractivity contribution is 5.83. The zero-order valence-corrected chi connectivity index (χ0v) is 17.6. The summed E-state index contributed by atoms with van der Waals surface area (Å²) < 4.78 is 10.8. The Morgan fingerprint density at radius 2 is 1.74 bits per heavy atom. The van der Waals surface area contributed by atoms with Crippen molar-refractivity contribution >= 4 is 29.7 Å². The van der Waals surface area contributed by atoms with Crippen LogP contribution in [0.5, 0.6) is 5.75 Å². The molecule has 3 aromatic rings. The van der Waals surface area contributed by atoms with Gasteiger partial charge in [0.25, 0.3) is 0 Å². The molecule has 1 saturated heterocycles. The van der Waals surface area contributed by atoms with E-state index in [-0.39, 0.29) is 0 Å². The minimum absolute atomic E-state index is 0.345. The molecule has 31 heavy (non-hydrogen) atoms. The molecule has 0 saturated carbocycles. The van der Waals surface area contributed by atoms with Crippen LogP contribution in [0.15, 0.2) is 53.6 Å². The number of morpholine rings is 1. The van der Waals surface area contributed by atoms with E-state index in [2.05, 4.69) is 35.7 Å². The van der Waals surface area contributed by atoms with E-state index in [9.17, 15) is 0 Å². The van der Waals surface area contributed by atoms with Crippen LogP contribution in [-0.2, 0) is 4.74 Å². The van der Waals surface area contributed by atoms with Crippen molar-refractivity contribution in [2.24, 2.45) is 5.10 Å². The van der Waals surface area contributed by atoms with E-state index in [4.69, 9.17) is 9.47 Å². The van der Waals surface area contributed by atoms with Gasteiger partial charge in [0, 0.05) is 24.3 Å². The second kappa shape index (κ2) is 9.86. The minimum Gasteiger partial charge on any atom is -0.496 e. The molecule has 9 nitrogen and oxygen atoms in total. The van der Waals surface area contributed by atoms with Gasteiger partial charge in [0.2, 0.25) is 17.8 Å². The summed E-state index contributed by atoms with van der Waals surface area (Å²) in [6.45, 7) is 4.77. The van der Waals surface area contributed by atoms with Gasteiger partial charge in [-0.1, -0.05) is 29.8 Å². The molecule has 4 rings (SSSR count). The first-order chi connectivity index (χ1) is 15.2. The average Bonchev–Trinajstić information content (AvgIpc) is 2.81. The third kappa shape index (κ3) is 5.46. The van der Waals surface area contributed by atoms with Crippen LogP contribution in [0.3, 0.4) is 0 Å². The number of anilines is 4. The normalized spacial score (nSPS) is 13.9. The molecule has 160 valence electrons. The molecule has 0 radical (unpaired) electrons. The van der Waals surface area contributed by atoms with Crippen LogP contribution < -0.4 is 20.4 Å². The summed E-state index contributed by atoms with van der Waals surface area (Å²) in [7, 11) is 1.63. The van der Waals surface area contributed by atoms with E-state index in [1.165, 1.54) is 5.56 Å². The van der Waals surface area contributed by atoms with E-state index in [1.54, 1.807) is 13.3 Å². The average molecular weight is 419 g/mol. The Hall–Kier alpha value is -3.72.